The number of hydrogen-bond acceptors (Lipinski definition) is 7. The van der Waals surface area contributed by atoms with Crippen molar-refractivity contribution < 1.29 is 37.4 Å². The lowest BCUT2D eigenvalue weighted by molar-refractivity contribution is -0.123. The van der Waals surface area contributed by atoms with E-state index in [4.69, 9.17) is 13.9 Å². The van der Waals surface area contributed by atoms with Gasteiger partial charge in [-0.2, -0.15) is 0 Å². The van der Waals surface area contributed by atoms with Crippen LogP contribution >= 0.6 is 22.6 Å². The lowest BCUT2D eigenvalue weighted by Crippen LogP contribution is -2.30. The van der Waals surface area contributed by atoms with Gasteiger partial charge in [-0.15, -0.1) is 0 Å². The molecule has 1 aliphatic rings. The predicted octanol–water partition coefficient (Wildman–Crippen LogP) is 4.49. The van der Waals surface area contributed by atoms with E-state index in [9.17, 15) is 18.8 Å². The van der Waals surface area contributed by atoms with Gasteiger partial charge in [-0.1, -0.05) is 12.1 Å². The van der Waals surface area contributed by atoms with Crippen LogP contribution in [0.5, 0.6) is 11.5 Å². The van der Waals surface area contributed by atoms with Crippen LogP contribution in [0.1, 0.15) is 27.4 Å². The monoisotopic (exact) mass is 606 g/mol. The van der Waals surface area contributed by atoms with Crippen molar-refractivity contribution in [3.63, 3.8) is 0 Å². The standard InChI is InChI=1S/C25H20FIN2O7/c1-33-21-11-15(9-18(27)22(21)35-13-14-4-3-5-16(26)8-14)10-19-23(30)29(25(32)28-19)12-17-6-7-20(36-17)24(31)34-2/h3-11H,12-13H2,1-2H3,(H,28,32)/b19-10-. The summed E-state index contributed by atoms with van der Waals surface area (Å²) in [5.74, 6) is -0.486. The molecule has 1 aromatic heterocycles. The third kappa shape index (κ3) is 5.51. The van der Waals surface area contributed by atoms with Crippen LogP contribution in [0.3, 0.4) is 0 Å². The fourth-order valence-corrected chi connectivity index (χ4v) is 4.24. The lowest BCUT2D eigenvalue weighted by atomic mass is 10.1. The van der Waals surface area contributed by atoms with E-state index in [2.05, 4.69) is 32.6 Å². The first-order chi connectivity index (χ1) is 17.3. The molecule has 4 rings (SSSR count). The Morgan fingerprint density at radius 1 is 1.17 bits per heavy atom. The molecule has 0 aliphatic carbocycles. The third-order valence-electron chi connectivity index (χ3n) is 5.16. The number of carbonyl (C=O) groups is 3. The number of hydrogen-bond donors (Lipinski definition) is 1. The molecule has 3 amide bonds. The highest BCUT2D eigenvalue weighted by Crippen LogP contribution is 2.35. The van der Waals surface area contributed by atoms with Crippen molar-refractivity contribution in [3.05, 3.63) is 86.3 Å². The summed E-state index contributed by atoms with van der Waals surface area (Å²) in [5.41, 5.74) is 1.31. The van der Waals surface area contributed by atoms with E-state index in [1.807, 2.05) is 0 Å². The quantitative estimate of drug-likeness (QED) is 0.174. The predicted molar refractivity (Wildman–Crippen MR) is 134 cm³/mol. The Kier molecular flexibility index (Phi) is 7.58. The molecule has 0 spiro atoms. The summed E-state index contributed by atoms with van der Waals surface area (Å²) in [6.07, 6.45) is 1.52. The number of nitrogens with zero attached hydrogens (tertiary/aromatic N) is 1. The average molecular weight is 606 g/mol. The summed E-state index contributed by atoms with van der Waals surface area (Å²) in [7, 11) is 2.70. The van der Waals surface area contributed by atoms with Crippen LogP contribution in [0, 0.1) is 9.39 Å². The SMILES string of the molecule is COC(=O)c1ccc(CN2C(=O)N/C(=C\c3cc(I)c(OCc4cccc(F)c4)c(OC)c3)C2=O)o1. The molecule has 1 saturated heterocycles. The molecule has 9 nitrogen and oxygen atoms in total. The molecule has 186 valence electrons. The third-order valence-corrected chi connectivity index (χ3v) is 5.96. The van der Waals surface area contributed by atoms with Gasteiger partial charge < -0.3 is 23.9 Å². The maximum atomic E-state index is 13.4. The van der Waals surface area contributed by atoms with Gasteiger partial charge >= 0.3 is 12.0 Å². The van der Waals surface area contributed by atoms with Gasteiger partial charge in [0, 0.05) is 0 Å². The van der Waals surface area contributed by atoms with E-state index in [0.29, 0.717) is 26.2 Å². The van der Waals surface area contributed by atoms with Gasteiger partial charge in [0.2, 0.25) is 5.76 Å². The van der Waals surface area contributed by atoms with Crippen LogP contribution < -0.4 is 14.8 Å². The Morgan fingerprint density at radius 3 is 2.69 bits per heavy atom. The Hall–Kier alpha value is -3.87. The van der Waals surface area contributed by atoms with Gasteiger partial charge in [0.25, 0.3) is 5.91 Å². The normalized spacial score (nSPS) is 14.2. The maximum absolute atomic E-state index is 13.4. The zero-order chi connectivity index (χ0) is 25.8. The summed E-state index contributed by atoms with van der Waals surface area (Å²) in [6.45, 7) is -0.0226. The van der Waals surface area contributed by atoms with Crippen molar-refractivity contribution >= 4 is 46.6 Å². The zero-order valence-electron chi connectivity index (χ0n) is 19.2. The molecule has 36 heavy (non-hydrogen) atoms. The largest absolute Gasteiger partial charge is 0.493 e. The number of carbonyl (C=O) groups excluding carboxylic acids is 3. The molecular weight excluding hydrogens is 586 g/mol. The topological polar surface area (TPSA) is 107 Å². The molecule has 0 bridgehead atoms. The van der Waals surface area contributed by atoms with Gasteiger partial charge in [0.15, 0.2) is 11.5 Å². The van der Waals surface area contributed by atoms with E-state index in [1.54, 1.807) is 24.3 Å². The second-order valence-corrected chi connectivity index (χ2v) is 8.75. The van der Waals surface area contributed by atoms with E-state index in [0.717, 1.165) is 4.90 Å². The highest BCUT2D eigenvalue weighted by Gasteiger charge is 2.34. The number of benzene rings is 2. The molecular formula is C25H20FIN2O7. The zero-order valence-corrected chi connectivity index (χ0v) is 21.3. The number of nitrogens with one attached hydrogen (secondary N) is 1. The molecule has 3 aromatic rings. The first-order valence-electron chi connectivity index (χ1n) is 10.6. The van der Waals surface area contributed by atoms with Crippen LogP contribution in [0.25, 0.3) is 6.08 Å². The molecule has 0 saturated carbocycles. The van der Waals surface area contributed by atoms with Crippen molar-refractivity contribution in [2.45, 2.75) is 13.2 Å². The number of urea groups is 1. The summed E-state index contributed by atoms with van der Waals surface area (Å²) >= 11 is 2.07. The van der Waals surface area contributed by atoms with Crippen molar-refractivity contribution in [2.75, 3.05) is 14.2 Å². The van der Waals surface area contributed by atoms with Crippen molar-refractivity contribution in [1.29, 1.82) is 0 Å². The second-order valence-electron chi connectivity index (χ2n) is 7.59. The van der Waals surface area contributed by atoms with Crippen LogP contribution in [-0.2, 0) is 22.7 Å². The summed E-state index contributed by atoms with van der Waals surface area (Å²) < 4.78 is 35.4. The number of amides is 3. The van der Waals surface area contributed by atoms with Crippen LogP contribution in [0.4, 0.5) is 9.18 Å². The Bertz CT molecular complexity index is 1370. The first kappa shape index (κ1) is 25.2. The number of rotatable bonds is 8. The van der Waals surface area contributed by atoms with E-state index in [-0.39, 0.29) is 36.2 Å². The first-order valence-corrected chi connectivity index (χ1v) is 11.6. The van der Waals surface area contributed by atoms with E-state index >= 15 is 0 Å². The Labute approximate surface area is 218 Å². The van der Waals surface area contributed by atoms with Gasteiger partial charge in [-0.25, -0.2) is 14.0 Å². The number of esters is 1. The number of furan rings is 1. The highest BCUT2D eigenvalue weighted by molar-refractivity contribution is 14.1. The number of ether oxygens (including phenoxy) is 3. The molecule has 11 heteroatoms. The molecule has 0 atom stereocenters. The van der Waals surface area contributed by atoms with Gasteiger partial charge in [-0.05, 0) is 76.2 Å². The number of halogens is 2. The maximum Gasteiger partial charge on any atom is 0.373 e. The summed E-state index contributed by atoms with van der Waals surface area (Å²) in [5, 5.41) is 2.54. The van der Waals surface area contributed by atoms with Crippen molar-refractivity contribution in [1.82, 2.24) is 10.2 Å². The highest BCUT2D eigenvalue weighted by atomic mass is 127. The van der Waals surface area contributed by atoms with E-state index < -0.39 is 17.9 Å². The number of imide groups is 1. The molecule has 1 fully saturated rings. The minimum Gasteiger partial charge on any atom is -0.493 e. The van der Waals surface area contributed by atoms with Crippen LogP contribution in [0.15, 0.2) is 58.6 Å². The van der Waals surface area contributed by atoms with Crippen molar-refractivity contribution in [2.24, 2.45) is 0 Å². The minimum absolute atomic E-state index is 0.0308. The fraction of sp³-hybridized carbons (Fsp3) is 0.160. The van der Waals surface area contributed by atoms with E-state index in [1.165, 1.54) is 44.6 Å². The minimum atomic E-state index is -0.661. The molecule has 0 radical (unpaired) electrons. The van der Waals surface area contributed by atoms with Crippen LogP contribution in [-0.4, -0.2) is 37.0 Å². The summed E-state index contributed by atoms with van der Waals surface area (Å²) in [4.78, 5) is 37.8. The Morgan fingerprint density at radius 2 is 1.97 bits per heavy atom. The van der Waals surface area contributed by atoms with Gasteiger partial charge in [0.1, 0.15) is 23.9 Å². The lowest BCUT2D eigenvalue weighted by Gasteiger charge is -2.14. The molecule has 1 N–H and O–H groups in total. The fourth-order valence-electron chi connectivity index (χ4n) is 3.46. The second kappa shape index (κ2) is 10.8. The summed E-state index contributed by atoms with van der Waals surface area (Å²) in [6, 6.07) is 11.8. The van der Waals surface area contributed by atoms with Crippen LogP contribution in [0.2, 0.25) is 0 Å². The van der Waals surface area contributed by atoms with Gasteiger partial charge in [-0.3, -0.25) is 9.69 Å². The average Bonchev–Trinajstić information content (AvgIpc) is 3.43. The van der Waals surface area contributed by atoms with Gasteiger partial charge in [0.05, 0.1) is 24.3 Å². The smallest absolute Gasteiger partial charge is 0.373 e. The number of methoxy groups -OCH3 is 2. The van der Waals surface area contributed by atoms with Crippen molar-refractivity contribution in [3.8, 4) is 11.5 Å². The molecule has 0 unspecified atom stereocenters. The molecule has 2 heterocycles. The molecule has 2 aromatic carbocycles. The molecule has 1 aliphatic heterocycles. The Balaban J connectivity index is 1.51.